The number of benzene rings is 4. The molecule has 2 aromatic heterocycles. The Kier molecular flexibility index (Phi) is 25.9. The number of ether oxygens (including phenoxy) is 1. The molecule has 6 rings (SSSR count). The molecule has 92 heavy (non-hydrogen) atoms. The minimum atomic E-state index is -5.14. The fraction of sp³-hybridized carbons (Fsp3) is 0.441. The number of alkyl halides is 6. The lowest BCUT2D eigenvalue weighted by Crippen LogP contribution is -2.41. The molecule has 4 aromatic carbocycles. The number of halogens is 10. The van der Waals surface area contributed by atoms with Gasteiger partial charge in [0.15, 0.2) is 11.6 Å². The number of hydrogen-bond acceptors (Lipinski definition) is 9. The molecular formula is C68H80F10N6O8. The summed E-state index contributed by atoms with van der Waals surface area (Å²) in [5.41, 5.74) is -2.40. The summed E-state index contributed by atoms with van der Waals surface area (Å²) >= 11 is 0. The van der Waals surface area contributed by atoms with Gasteiger partial charge in [-0.25, -0.2) is 17.6 Å². The van der Waals surface area contributed by atoms with Crippen LogP contribution in [-0.4, -0.2) is 95.7 Å². The van der Waals surface area contributed by atoms with Crippen LogP contribution in [0.1, 0.15) is 140 Å². The minimum absolute atomic E-state index is 0.000826. The van der Waals surface area contributed by atoms with E-state index in [9.17, 15) is 69.0 Å². The van der Waals surface area contributed by atoms with Gasteiger partial charge in [0.1, 0.15) is 23.7 Å². The molecular weight excluding hydrogens is 1220 g/mol. The van der Waals surface area contributed by atoms with Crippen LogP contribution in [0.5, 0.6) is 0 Å². The zero-order chi connectivity index (χ0) is 69.0. The maximum atomic E-state index is 15.9. The summed E-state index contributed by atoms with van der Waals surface area (Å²) in [7, 11) is 7.26. The van der Waals surface area contributed by atoms with E-state index in [-0.39, 0.29) is 42.4 Å². The number of aryl methyl sites for hydroxylation is 4. The van der Waals surface area contributed by atoms with E-state index in [0.29, 0.717) is 82.6 Å². The first-order valence-corrected chi connectivity index (χ1v) is 29.9. The van der Waals surface area contributed by atoms with Crippen LogP contribution in [0, 0.1) is 62.8 Å². The quantitative estimate of drug-likeness (QED) is 0.0370. The summed E-state index contributed by atoms with van der Waals surface area (Å²) in [6, 6.07) is 9.99. The fourth-order valence-corrected chi connectivity index (χ4v) is 10.9. The van der Waals surface area contributed by atoms with Crippen LogP contribution >= 0.6 is 0 Å². The number of esters is 1. The summed E-state index contributed by atoms with van der Waals surface area (Å²) in [6.07, 6.45) is -8.44. The van der Waals surface area contributed by atoms with Gasteiger partial charge in [0.2, 0.25) is 11.8 Å². The Morgan fingerprint density at radius 2 is 0.913 bits per heavy atom. The van der Waals surface area contributed by atoms with Crippen molar-refractivity contribution in [1.82, 2.24) is 29.6 Å². The van der Waals surface area contributed by atoms with Crippen molar-refractivity contribution < 1.29 is 72.9 Å². The number of carbonyl (C=O) groups excluding carboxylic acids is 3. The van der Waals surface area contributed by atoms with Crippen LogP contribution in [-0.2, 0) is 49.1 Å². The van der Waals surface area contributed by atoms with E-state index in [2.05, 4.69) is 10.6 Å². The summed E-state index contributed by atoms with van der Waals surface area (Å²) in [6.45, 7) is 16.3. The van der Waals surface area contributed by atoms with Crippen molar-refractivity contribution in [2.24, 2.45) is 11.8 Å². The Morgan fingerprint density at radius 1 is 0.565 bits per heavy atom. The number of amides is 2. The highest BCUT2D eigenvalue weighted by molar-refractivity contribution is 5.83. The summed E-state index contributed by atoms with van der Waals surface area (Å²) in [5, 5.41) is 14.6. The number of carbonyl (C=O) groups is 4. The predicted octanol–water partition coefficient (Wildman–Crippen LogP) is 13.4. The Balaban J connectivity index is 0.000000334. The Bertz CT molecular complexity index is 3700. The van der Waals surface area contributed by atoms with Crippen LogP contribution in [0.3, 0.4) is 0 Å². The van der Waals surface area contributed by atoms with Gasteiger partial charge in [0, 0.05) is 36.6 Å². The Morgan fingerprint density at radius 3 is 1.22 bits per heavy atom. The first-order valence-electron chi connectivity index (χ1n) is 29.9. The van der Waals surface area contributed by atoms with Crippen LogP contribution in [0.15, 0.2) is 94.8 Å². The molecule has 0 aliphatic carbocycles. The molecule has 2 heterocycles. The average molecular weight is 1300 g/mol. The number of carboxylic acid groups (broad SMARTS) is 1. The molecule has 2 unspecified atom stereocenters. The highest BCUT2D eigenvalue weighted by Gasteiger charge is 2.40. The van der Waals surface area contributed by atoms with Gasteiger partial charge in [0.25, 0.3) is 11.1 Å². The zero-order valence-electron chi connectivity index (χ0n) is 53.8. The number of aliphatic carboxylic acids is 1. The second kappa shape index (κ2) is 31.9. The van der Waals surface area contributed by atoms with Gasteiger partial charge >= 0.3 is 24.3 Å². The average Bonchev–Trinajstić information content (AvgIpc) is 0.789. The van der Waals surface area contributed by atoms with Gasteiger partial charge < -0.3 is 39.4 Å². The van der Waals surface area contributed by atoms with Gasteiger partial charge in [0.05, 0.1) is 42.7 Å². The number of pyridine rings is 2. The van der Waals surface area contributed by atoms with Crippen molar-refractivity contribution in [2.75, 3.05) is 47.9 Å². The summed E-state index contributed by atoms with van der Waals surface area (Å²) in [5.74, 6) is -10.2. The van der Waals surface area contributed by atoms with E-state index in [1.807, 2.05) is 38.0 Å². The number of aromatic nitrogens is 2. The highest BCUT2D eigenvalue weighted by atomic mass is 19.4. The zero-order valence-corrected chi connectivity index (χ0v) is 53.8. The third-order valence-corrected chi connectivity index (χ3v) is 15.3. The fourth-order valence-electron chi connectivity index (χ4n) is 10.9. The lowest BCUT2D eigenvalue weighted by atomic mass is 9.90. The van der Waals surface area contributed by atoms with Gasteiger partial charge in [-0.3, -0.25) is 28.8 Å². The lowest BCUT2D eigenvalue weighted by molar-refractivity contribution is -0.144. The third-order valence-electron chi connectivity index (χ3n) is 15.3. The molecule has 6 aromatic rings. The number of nitrogens with zero attached hydrogens (tertiary/aromatic N) is 4. The smallest absolute Gasteiger partial charge is 0.419 e. The minimum Gasteiger partial charge on any atom is -0.481 e. The maximum absolute atomic E-state index is 15.9. The van der Waals surface area contributed by atoms with E-state index < -0.39 is 130 Å². The molecule has 0 fully saturated rings. The number of nitrogens with one attached hydrogen (secondary N) is 2. The Hall–Kier alpha value is -8.12. The molecule has 0 bridgehead atoms. The molecule has 3 N–H and O–H groups in total. The molecule has 0 saturated carbocycles. The van der Waals surface area contributed by atoms with Crippen molar-refractivity contribution in [3.8, 4) is 22.3 Å². The van der Waals surface area contributed by atoms with E-state index in [4.69, 9.17) is 4.74 Å². The topological polar surface area (TPSA) is 172 Å². The molecule has 2 amide bonds. The normalized spacial score (nSPS) is 13.2. The lowest BCUT2D eigenvalue weighted by Gasteiger charge is -2.27. The van der Waals surface area contributed by atoms with E-state index >= 15 is 8.78 Å². The molecule has 500 valence electrons. The molecule has 24 heteroatoms. The van der Waals surface area contributed by atoms with Crippen LogP contribution in [0.4, 0.5) is 43.9 Å². The molecule has 0 aliphatic rings. The first-order chi connectivity index (χ1) is 42.8. The number of rotatable bonds is 25. The van der Waals surface area contributed by atoms with Crippen molar-refractivity contribution in [3.05, 3.63) is 185 Å². The largest absolute Gasteiger partial charge is 0.481 e. The van der Waals surface area contributed by atoms with Crippen molar-refractivity contribution in [1.29, 1.82) is 0 Å². The molecule has 0 saturated heterocycles. The van der Waals surface area contributed by atoms with Gasteiger partial charge in [-0.1, -0.05) is 64.1 Å². The summed E-state index contributed by atoms with van der Waals surface area (Å²) < 4.78 is 153. The van der Waals surface area contributed by atoms with E-state index in [1.54, 1.807) is 91.8 Å². The number of carboxylic acids is 1. The molecule has 0 aliphatic heterocycles. The Labute approximate surface area is 528 Å². The SMILES string of the molecule is CCOC(=O)C[C@H](NC(=O)C(CC(C)C)n1cc(CCN(C)C)cc(F)c1=O)c1cc(-c2c(C)cccc2C)cc(C(F)(F)F)c1F.Cc1cccc(C)c1-c1cc([C@H](CC(=O)O)NC(=O)C(CC(C)C)n2cc(CCN(C)C)cc(F)c2=O)c(F)c(C(F)(F)F)c1. The summed E-state index contributed by atoms with van der Waals surface area (Å²) in [4.78, 5) is 82.1. The van der Waals surface area contributed by atoms with Crippen molar-refractivity contribution in [2.45, 2.75) is 137 Å². The second-order valence-electron chi connectivity index (χ2n) is 24.3. The monoisotopic (exact) mass is 1300 g/mol. The van der Waals surface area contributed by atoms with Crippen LogP contribution in [0.2, 0.25) is 0 Å². The van der Waals surface area contributed by atoms with Crippen LogP contribution in [0.25, 0.3) is 22.3 Å². The van der Waals surface area contributed by atoms with Gasteiger partial charge in [-0.15, -0.1) is 0 Å². The predicted molar refractivity (Wildman–Crippen MR) is 331 cm³/mol. The number of hydrogen-bond donors (Lipinski definition) is 3. The first kappa shape index (κ1) is 74.6. The van der Waals surface area contributed by atoms with Crippen molar-refractivity contribution >= 4 is 23.8 Å². The van der Waals surface area contributed by atoms with Gasteiger partial charge in [-0.2, -0.15) is 26.3 Å². The maximum Gasteiger partial charge on any atom is 0.419 e. The van der Waals surface area contributed by atoms with Gasteiger partial charge in [-0.05, 0) is 192 Å². The van der Waals surface area contributed by atoms with Crippen LogP contribution < -0.4 is 21.8 Å². The van der Waals surface area contributed by atoms with Crippen molar-refractivity contribution in [3.63, 3.8) is 0 Å². The second-order valence-corrected chi connectivity index (χ2v) is 24.3. The standard InChI is InChI=1S/C35H42F5N3O4.C33H38F5N3O4/c1-8-47-30(44)18-28(25-16-24(17-26(32(25)37)35(38,39)40)31-21(4)10-9-11-22(31)5)41-33(45)29(14-20(2)3)43-19-23(12-13-42(6)7)15-27(36)34(43)46;1-18(2)12-27(41-17-21(10-11-40(5)6)13-25(34)32(41)45)31(44)39-26(16-28(42)43)23-14-22(15-24(30(23)35)33(36,37)38)29-19(3)8-7-9-20(29)4/h9-11,15-17,19-20,28-29H,8,12-14,18H2,1-7H3,(H,41,45);7-9,13-15,17-18,26-27H,10-12,16H2,1-6H3,(H,39,44)(H,42,43)/t28-,29?;26-,27?/m00/s1. The third kappa shape index (κ3) is 19.7. The highest BCUT2D eigenvalue weighted by Crippen LogP contribution is 2.42. The molecule has 0 radical (unpaired) electrons. The molecule has 14 nitrogen and oxygen atoms in total. The molecule has 0 spiro atoms. The van der Waals surface area contributed by atoms with E-state index in [0.717, 1.165) is 27.3 Å². The number of likely N-dealkylation sites (N-methyl/N-ethyl adjacent to an activating group) is 2. The molecule has 4 atom stereocenters. The van der Waals surface area contributed by atoms with E-state index in [1.165, 1.54) is 25.4 Å².